The highest BCUT2D eigenvalue weighted by molar-refractivity contribution is 5.92. The Bertz CT molecular complexity index is 584. The molecule has 4 nitrogen and oxygen atoms in total. The number of aliphatic imine (C=N–C) groups is 1. The Labute approximate surface area is 93.0 Å². The zero-order chi connectivity index (χ0) is 11.1. The maximum atomic E-state index is 4.97. The highest BCUT2D eigenvalue weighted by Crippen LogP contribution is 2.30. The van der Waals surface area contributed by atoms with Crippen molar-refractivity contribution in [1.82, 2.24) is 10.1 Å². The van der Waals surface area contributed by atoms with E-state index in [1.807, 2.05) is 19.1 Å². The number of fused-ring (bicyclic) bond motifs is 1. The van der Waals surface area contributed by atoms with Crippen LogP contribution in [0.15, 0.2) is 27.7 Å². The largest absolute Gasteiger partial charge is 0.339 e. The summed E-state index contributed by atoms with van der Waals surface area (Å²) in [5.41, 5.74) is 4.43. The van der Waals surface area contributed by atoms with Crippen LogP contribution >= 0.6 is 0 Å². The number of aryl methyl sites for hydroxylation is 1. The van der Waals surface area contributed by atoms with Crippen LogP contribution in [-0.4, -0.2) is 15.9 Å². The minimum absolute atomic E-state index is 0.586. The molecule has 0 atom stereocenters. The molecular weight excluding hydrogens is 202 g/mol. The number of benzene rings is 1. The number of nitrogens with zero attached hydrogens (tertiary/aromatic N) is 3. The van der Waals surface area contributed by atoms with Gasteiger partial charge in [0, 0.05) is 24.6 Å². The molecule has 2 aromatic rings. The molecule has 0 N–H and O–H groups in total. The summed E-state index contributed by atoms with van der Waals surface area (Å²) in [4.78, 5) is 8.65. The van der Waals surface area contributed by atoms with Crippen LogP contribution in [0.5, 0.6) is 0 Å². The maximum Gasteiger partial charge on any atom is 0.223 e. The quantitative estimate of drug-likeness (QED) is 0.731. The van der Waals surface area contributed by atoms with Crippen molar-refractivity contribution in [2.24, 2.45) is 4.99 Å². The standard InChI is InChI=1S/C12H11N3O/c1-7-5-10-6-9(3-4-11(10)13-7)12-14-8(2)16-15-12/h3-4,6H,5H2,1-2H3. The second-order valence-electron chi connectivity index (χ2n) is 4.00. The smallest absolute Gasteiger partial charge is 0.223 e. The SMILES string of the molecule is CC1=Nc2ccc(-c3noc(C)n3)cc2C1. The van der Waals surface area contributed by atoms with Crippen molar-refractivity contribution in [3.8, 4) is 11.4 Å². The van der Waals surface area contributed by atoms with Crippen LogP contribution in [0, 0.1) is 6.92 Å². The van der Waals surface area contributed by atoms with E-state index in [-0.39, 0.29) is 0 Å². The van der Waals surface area contributed by atoms with Gasteiger partial charge in [-0.25, -0.2) is 0 Å². The molecule has 0 saturated heterocycles. The van der Waals surface area contributed by atoms with E-state index in [4.69, 9.17) is 4.52 Å². The lowest BCUT2D eigenvalue weighted by molar-refractivity contribution is 0.394. The predicted octanol–water partition coefficient (Wildman–Crippen LogP) is 2.69. The second-order valence-corrected chi connectivity index (χ2v) is 4.00. The zero-order valence-corrected chi connectivity index (χ0v) is 9.19. The summed E-state index contributed by atoms with van der Waals surface area (Å²) in [6.07, 6.45) is 0.917. The van der Waals surface area contributed by atoms with Gasteiger partial charge in [-0.15, -0.1) is 0 Å². The van der Waals surface area contributed by atoms with E-state index in [2.05, 4.69) is 21.2 Å². The molecule has 0 bridgehead atoms. The van der Waals surface area contributed by atoms with E-state index in [1.54, 1.807) is 6.92 Å². The Morgan fingerprint density at radius 1 is 1.25 bits per heavy atom. The van der Waals surface area contributed by atoms with Crippen molar-refractivity contribution in [3.63, 3.8) is 0 Å². The maximum absolute atomic E-state index is 4.97. The van der Waals surface area contributed by atoms with Gasteiger partial charge in [-0.05, 0) is 30.7 Å². The Morgan fingerprint density at radius 3 is 2.88 bits per heavy atom. The van der Waals surface area contributed by atoms with Gasteiger partial charge < -0.3 is 4.52 Å². The fraction of sp³-hybridized carbons (Fsp3) is 0.250. The van der Waals surface area contributed by atoms with Crippen LogP contribution < -0.4 is 0 Å². The molecule has 3 rings (SSSR count). The Morgan fingerprint density at radius 2 is 2.12 bits per heavy atom. The third-order valence-corrected chi connectivity index (χ3v) is 2.62. The molecule has 1 aliphatic heterocycles. The molecule has 0 radical (unpaired) electrons. The van der Waals surface area contributed by atoms with E-state index in [1.165, 1.54) is 5.56 Å². The highest BCUT2D eigenvalue weighted by Gasteiger charge is 2.14. The van der Waals surface area contributed by atoms with Crippen molar-refractivity contribution in [2.75, 3.05) is 0 Å². The molecule has 4 heteroatoms. The zero-order valence-electron chi connectivity index (χ0n) is 9.19. The van der Waals surface area contributed by atoms with E-state index < -0.39 is 0 Å². The molecule has 0 saturated carbocycles. The van der Waals surface area contributed by atoms with Crippen molar-refractivity contribution < 1.29 is 4.52 Å². The first-order valence-electron chi connectivity index (χ1n) is 5.20. The minimum atomic E-state index is 0.586. The van der Waals surface area contributed by atoms with Crippen LogP contribution in [0.4, 0.5) is 5.69 Å². The van der Waals surface area contributed by atoms with Crippen molar-refractivity contribution in [2.45, 2.75) is 20.3 Å². The summed E-state index contributed by atoms with van der Waals surface area (Å²) in [6.45, 7) is 3.83. The molecule has 0 aliphatic carbocycles. The summed E-state index contributed by atoms with van der Waals surface area (Å²) in [7, 11) is 0. The second kappa shape index (κ2) is 3.27. The van der Waals surface area contributed by atoms with Crippen molar-refractivity contribution >= 4 is 11.4 Å². The first-order chi connectivity index (χ1) is 7.72. The lowest BCUT2D eigenvalue weighted by Gasteiger charge is -1.99. The molecule has 0 spiro atoms. The van der Waals surface area contributed by atoms with Crippen LogP contribution in [0.3, 0.4) is 0 Å². The van der Waals surface area contributed by atoms with Crippen LogP contribution in [0.2, 0.25) is 0 Å². The molecule has 0 fully saturated rings. The molecule has 0 unspecified atom stereocenters. The van der Waals surface area contributed by atoms with Gasteiger partial charge in [0.25, 0.3) is 0 Å². The van der Waals surface area contributed by atoms with Gasteiger partial charge in [-0.1, -0.05) is 5.16 Å². The van der Waals surface area contributed by atoms with Crippen molar-refractivity contribution in [3.05, 3.63) is 29.7 Å². The molecule has 1 aromatic carbocycles. The van der Waals surface area contributed by atoms with Gasteiger partial charge in [0.05, 0.1) is 5.69 Å². The predicted molar refractivity (Wildman–Crippen MR) is 60.9 cm³/mol. The fourth-order valence-electron chi connectivity index (χ4n) is 1.91. The topological polar surface area (TPSA) is 51.3 Å². The highest BCUT2D eigenvalue weighted by atomic mass is 16.5. The van der Waals surface area contributed by atoms with Gasteiger partial charge >= 0.3 is 0 Å². The summed E-state index contributed by atoms with van der Waals surface area (Å²) < 4.78 is 4.97. The Hall–Kier alpha value is -1.97. The van der Waals surface area contributed by atoms with Gasteiger partial charge in [0.1, 0.15) is 0 Å². The normalized spacial score (nSPS) is 13.8. The van der Waals surface area contributed by atoms with Gasteiger partial charge in [0.2, 0.25) is 11.7 Å². The number of rotatable bonds is 1. The summed E-state index contributed by atoms with van der Waals surface area (Å²) in [5, 5.41) is 3.91. The lowest BCUT2D eigenvalue weighted by atomic mass is 10.1. The van der Waals surface area contributed by atoms with Crippen LogP contribution in [0.25, 0.3) is 11.4 Å². The molecule has 80 valence electrons. The summed E-state index contributed by atoms with van der Waals surface area (Å²) >= 11 is 0. The Balaban J connectivity index is 2.04. The van der Waals surface area contributed by atoms with E-state index >= 15 is 0 Å². The average molecular weight is 213 g/mol. The van der Waals surface area contributed by atoms with E-state index in [0.717, 1.165) is 23.4 Å². The lowest BCUT2D eigenvalue weighted by Crippen LogP contribution is -1.89. The van der Waals surface area contributed by atoms with Gasteiger partial charge in [-0.2, -0.15) is 4.98 Å². The molecular formula is C12H11N3O. The molecule has 16 heavy (non-hydrogen) atoms. The first-order valence-corrected chi connectivity index (χ1v) is 5.20. The van der Waals surface area contributed by atoms with E-state index in [9.17, 15) is 0 Å². The summed E-state index contributed by atoms with van der Waals surface area (Å²) in [5.74, 6) is 1.23. The fourth-order valence-corrected chi connectivity index (χ4v) is 1.91. The number of hydrogen-bond donors (Lipinski definition) is 0. The number of hydrogen-bond acceptors (Lipinski definition) is 4. The minimum Gasteiger partial charge on any atom is -0.339 e. The monoisotopic (exact) mass is 213 g/mol. The van der Waals surface area contributed by atoms with Gasteiger partial charge in [0.15, 0.2) is 0 Å². The molecule has 0 amide bonds. The third-order valence-electron chi connectivity index (χ3n) is 2.62. The third kappa shape index (κ3) is 1.43. The summed E-state index contributed by atoms with van der Waals surface area (Å²) in [6, 6.07) is 6.07. The first kappa shape index (κ1) is 9.27. The van der Waals surface area contributed by atoms with Crippen LogP contribution in [0.1, 0.15) is 18.4 Å². The molecule has 1 aromatic heterocycles. The van der Waals surface area contributed by atoms with Gasteiger partial charge in [-0.3, -0.25) is 4.99 Å². The Kier molecular flexibility index (Phi) is 1.89. The average Bonchev–Trinajstić information content (AvgIpc) is 2.81. The number of aromatic nitrogens is 2. The van der Waals surface area contributed by atoms with Crippen LogP contribution in [-0.2, 0) is 6.42 Å². The molecule has 2 heterocycles. The van der Waals surface area contributed by atoms with Crippen molar-refractivity contribution in [1.29, 1.82) is 0 Å². The molecule has 1 aliphatic rings. The van der Waals surface area contributed by atoms with E-state index in [0.29, 0.717) is 11.7 Å².